The van der Waals surface area contributed by atoms with Crippen LogP contribution in [0.15, 0.2) is 6.07 Å². The number of rotatable bonds is 0. The van der Waals surface area contributed by atoms with Gasteiger partial charge in [-0.2, -0.15) is 0 Å². The lowest BCUT2D eigenvalue weighted by Crippen LogP contribution is -2.59. The Kier molecular flexibility index (Phi) is 1.96. The summed E-state index contributed by atoms with van der Waals surface area (Å²) in [5.74, 6) is 1.39. The second-order valence-corrected chi connectivity index (χ2v) is 5.21. The smallest absolute Gasteiger partial charge is 0.123 e. The third kappa shape index (κ3) is 1.24. The fraction of sp³-hybridized carbons (Fsp3) is 0.538. The van der Waals surface area contributed by atoms with Crippen molar-refractivity contribution in [3.05, 3.63) is 22.8 Å². The normalized spacial score (nSPS) is 21.1. The molecule has 3 heteroatoms. The number of hydrogen-bond donors (Lipinski definition) is 2. The zero-order valence-corrected chi connectivity index (χ0v) is 9.76. The van der Waals surface area contributed by atoms with Gasteiger partial charge in [0.05, 0.1) is 6.61 Å². The van der Waals surface area contributed by atoms with E-state index in [1.54, 1.807) is 0 Å². The lowest BCUT2D eigenvalue weighted by Gasteiger charge is -2.45. The molecule has 0 atom stereocenters. The van der Waals surface area contributed by atoms with E-state index in [-0.39, 0.29) is 5.41 Å². The van der Waals surface area contributed by atoms with Crippen LogP contribution in [0.1, 0.15) is 16.7 Å². The highest BCUT2D eigenvalue weighted by Crippen LogP contribution is 2.42. The molecule has 16 heavy (non-hydrogen) atoms. The van der Waals surface area contributed by atoms with Crippen molar-refractivity contribution in [2.75, 3.05) is 19.7 Å². The van der Waals surface area contributed by atoms with Crippen molar-refractivity contribution < 1.29 is 9.84 Å². The zero-order valence-electron chi connectivity index (χ0n) is 9.76. The quantitative estimate of drug-likeness (QED) is 0.695. The van der Waals surface area contributed by atoms with Crippen LogP contribution in [0.3, 0.4) is 0 Å². The van der Waals surface area contributed by atoms with Crippen LogP contribution in [0.5, 0.6) is 11.5 Å². The molecule has 3 nitrogen and oxygen atoms in total. The molecule has 3 rings (SSSR count). The van der Waals surface area contributed by atoms with Crippen molar-refractivity contribution in [3.63, 3.8) is 0 Å². The van der Waals surface area contributed by atoms with E-state index in [1.165, 1.54) is 5.56 Å². The minimum atomic E-state index is 0.277. The van der Waals surface area contributed by atoms with Crippen LogP contribution in [0, 0.1) is 19.3 Å². The van der Waals surface area contributed by atoms with E-state index in [1.807, 2.05) is 19.9 Å². The van der Waals surface area contributed by atoms with Crippen molar-refractivity contribution in [2.45, 2.75) is 20.3 Å². The summed E-state index contributed by atoms with van der Waals surface area (Å²) in [5, 5.41) is 13.3. The first kappa shape index (κ1) is 9.97. The van der Waals surface area contributed by atoms with Crippen molar-refractivity contribution in [3.8, 4) is 11.5 Å². The molecule has 0 aliphatic carbocycles. The molecule has 0 unspecified atom stereocenters. The average Bonchev–Trinajstić information content (AvgIpc) is 2.24. The first-order valence-electron chi connectivity index (χ1n) is 5.77. The van der Waals surface area contributed by atoms with Gasteiger partial charge in [0.2, 0.25) is 0 Å². The molecule has 1 aromatic rings. The molecule has 0 saturated carbocycles. The topological polar surface area (TPSA) is 41.5 Å². The highest BCUT2D eigenvalue weighted by Gasteiger charge is 2.42. The number of nitrogens with one attached hydrogen (secondary N) is 1. The van der Waals surface area contributed by atoms with Gasteiger partial charge in [-0.05, 0) is 37.5 Å². The molecular formula is C13H17NO2. The molecule has 1 saturated heterocycles. The van der Waals surface area contributed by atoms with Gasteiger partial charge >= 0.3 is 0 Å². The van der Waals surface area contributed by atoms with E-state index in [4.69, 9.17) is 4.74 Å². The Morgan fingerprint density at radius 1 is 1.38 bits per heavy atom. The third-order valence-corrected chi connectivity index (χ3v) is 3.91. The lowest BCUT2D eigenvalue weighted by atomic mass is 9.74. The Morgan fingerprint density at radius 2 is 2.12 bits per heavy atom. The average molecular weight is 219 g/mol. The Morgan fingerprint density at radius 3 is 2.75 bits per heavy atom. The van der Waals surface area contributed by atoms with Gasteiger partial charge in [-0.15, -0.1) is 0 Å². The lowest BCUT2D eigenvalue weighted by molar-refractivity contribution is 0.0641. The summed E-state index contributed by atoms with van der Waals surface area (Å²) in [6.45, 7) is 6.76. The Bertz CT molecular complexity index is 450. The van der Waals surface area contributed by atoms with E-state index in [2.05, 4.69) is 5.32 Å². The summed E-state index contributed by atoms with van der Waals surface area (Å²) in [5.41, 5.74) is 3.36. The van der Waals surface area contributed by atoms with Crippen LogP contribution in [-0.2, 0) is 6.42 Å². The van der Waals surface area contributed by atoms with E-state index in [9.17, 15) is 5.11 Å². The van der Waals surface area contributed by atoms with Gasteiger partial charge < -0.3 is 15.2 Å². The molecule has 0 aromatic heterocycles. The molecule has 1 fully saturated rings. The third-order valence-electron chi connectivity index (χ3n) is 3.91. The minimum absolute atomic E-state index is 0.277. The maximum absolute atomic E-state index is 9.95. The molecule has 1 aromatic carbocycles. The first-order chi connectivity index (χ1) is 7.61. The largest absolute Gasteiger partial charge is 0.507 e. The van der Waals surface area contributed by atoms with Gasteiger partial charge in [0.25, 0.3) is 0 Å². The van der Waals surface area contributed by atoms with Gasteiger partial charge in [0.1, 0.15) is 11.5 Å². The van der Waals surface area contributed by atoms with Crippen LogP contribution in [0.4, 0.5) is 0 Å². The van der Waals surface area contributed by atoms with E-state index < -0.39 is 0 Å². The number of aryl methyl sites for hydroxylation is 1. The number of phenolic OH excluding ortho intramolecular Hbond substituents is 1. The number of phenols is 1. The molecule has 0 bridgehead atoms. The Balaban J connectivity index is 2.06. The number of benzene rings is 1. The van der Waals surface area contributed by atoms with Gasteiger partial charge in [0.15, 0.2) is 0 Å². The van der Waals surface area contributed by atoms with Crippen molar-refractivity contribution in [1.29, 1.82) is 0 Å². The fourth-order valence-corrected chi connectivity index (χ4v) is 2.69. The summed E-state index contributed by atoms with van der Waals surface area (Å²) in [7, 11) is 0. The van der Waals surface area contributed by atoms with Gasteiger partial charge in [-0.3, -0.25) is 0 Å². The molecular weight excluding hydrogens is 202 g/mol. The van der Waals surface area contributed by atoms with E-state index in [0.29, 0.717) is 5.75 Å². The van der Waals surface area contributed by atoms with E-state index in [0.717, 1.165) is 43.0 Å². The Labute approximate surface area is 95.4 Å². The van der Waals surface area contributed by atoms with Crippen molar-refractivity contribution >= 4 is 0 Å². The van der Waals surface area contributed by atoms with Crippen LogP contribution < -0.4 is 10.1 Å². The molecule has 2 aliphatic heterocycles. The van der Waals surface area contributed by atoms with E-state index >= 15 is 0 Å². The predicted molar refractivity (Wildman–Crippen MR) is 62.1 cm³/mol. The van der Waals surface area contributed by atoms with Crippen LogP contribution in [-0.4, -0.2) is 24.8 Å². The number of hydrogen-bond acceptors (Lipinski definition) is 3. The maximum Gasteiger partial charge on any atom is 0.123 e. The summed E-state index contributed by atoms with van der Waals surface area (Å²) in [4.78, 5) is 0. The highest BCUT2D eigenvalue weighted by atomic mass is 16.5. The fourth-order valence-electron chi connectivity index (χ4n) is 2.69. The summed E-state index contributed by atoms with van der Waals surface area (Å²) in [6, 6.07) is 1.95. The second-order valence-electron chi connectivity index (χ2n) is 5.21. The molecule has 2 N–H and O–H groups in total. The van der Waals surface area contributed by atoms with Crippen molar-refractivity contribution in [1.82, 2.24) is 5.32 Å². The molecule has 2 heterocycles. The van der Waals surface area contributed by atoms with Crippen LogP contribution in [0.25, 0.3) is 0 Å². The van der Waals surface area contributed by atoms with Crippen LogP contribution >= 0.6 is 0 Å². The molecule has 2 aliphatic rings. The zero-order chi connectivity index (χ0) is 11.3. The SMILES string of the molecule is Cc1cc2c(c(C)c1O)CC1(CNC1)CO2. The van der Waals surface area contributed by atoms with Gasteiger partial charge in [-0.1, -0.05) is 0 Å². The number of fused-ring (bicyclic) bond motifs is 1. The van der Waals surface area contributed by atoms with Crippen molar-refractivity contribution in [2.24, 2.45) is 5.41 Å². The Hall–Kier alpha value is -1.22. The molecule has 0 amide bonds. The molecule has 86 valence electrons. The molecule has 0 radical (unpaired) electrons. The maximum atomic E-state index is 9.95. The summed E-state index contributed by atoms with van der Waals surface area (Å²) >= 11 is 0. The number of ether oxygens (including phenoxy) is 1. The van der Waals surface area contributed by atoms with Crippen LogP contribution in [0.2, 0.25) is 0 Å². The predicted octanol–water partition coefficient (Wildman–Crippen LogP) is 1.53. The first-order valence-corrected chi connectivity index (χ1v) is 5.77. The van der Waals surface area contributed by atoms with Gasteiger partial charge in [-0.25, -0.2) is 0 Å². The second kappa shape index (κ2) is 3.14. The monoisotopic (exact) mass is 219 g/mol. The number of aromatic hydroxyl groups is 1. The summed E-state index contributed by atoms with van der Waals surface area (Å²) < 4.78 is 5.85. The highest BCUT2D eigenvalue weighted by molar-refractivity contribution is 5.53. The minimum Gasteiger partial charge on any atom is -0.507 e. The standard InChI is InChI=1S/C13H17NO2/c1-8-3-11-10(9(2)12(8)15)4-13(7-16-11)5-14-6-13/h3,14-15H,4-7H2,1-2H3. The summed E-state index contributed by atoms with van der Waals surface area (Å²) in [6.07, 6.45) is 1.02. The van der Waals surface area contributed by atoms with Gasteiger partial charge in [0, 0.05) is 24.1 Å². The molecule has 1 spiro atoms.